The van der Waals surface area contributed by atoms with Crippen molar-refractivity contribution in [3.05, 3.63) is 52.8 Å². The number of halogens is 2. The summed E-state index contributed by atoms with van der Waals surface area (Å²) in [5.74, 6) is 0.806. The predicted octanol–water partition coefficient (Wildman–Crippen LogP) is 2.46. The van der Waals surface area contributed by atoms with Crippen molar-refractivity contribution in [3.63, 3.8) is 0 Å². The van der Waals surface area contributed by atoms with Gasteiger partial charge in [0.05, 0.1) is 18.4 Å². The minimum atomic E-state index is -0.114. The lowest BCUT2D eigenvalue weighted by Gasteiger charge is -2.01. The van der Waals surface area contributed by atoms with E-state index in [-0.39, 0.29) is 5.91 Å². The Morgan fingerprint density at radius 3 is 2.48 bits per heavy atom. The van der Waals surface area contributed by atoms with Gasteiger partial charge in [0.1, 0.15) is 11.3 Å². The van der Waals surface area contributed by atoms with Gasteiger partial charge in [-0.25, -0.2) is 15.0 Å². The van der Waals surface area contributed by atoms with Crippen LogP contribution in [-0.2, 0) is 11.3 Å². The second kappa shape index (κ2) is 7.85. The zero-order chi connectivity index (χ0) is 16.8. The van der Waals surface area contributed by atoms with Crippen LogP contribution in [0.3, 0.4) is 0 Å². The van der Waals surface area contributed by atoms with E-state index in [1.807, 2.05) is 17.5 Å². The molecule has 0 spiro atoms. The van der Waals surface area contributed by atoms with Crippen LogP contribution >= 0.6 is 23.2 Å². The molecule has 120 valence electrons. The standard InChI is InChI=1S/C7H8ClN3O.C7H6ClN3/c1-5(12)11-4-6-7(8)10-3-2-9-6;1-5-10-4-6-7(8)9-2-3-11(5)6/h2-3H,4H2,1H3,(H,11,12);2-4H,1H3. The summed E-state index contributed by atoms with van der Waals surface area (Å²) in [5.41, 5.74) is 1.43. The number of carbonyl (C=O) groups is 1. The number of carbonyl (C=O) groups excluding carboxylic acids is 1. The van der Waals surface area contributed by atoms with E-state index in [9.17, 15) is 4.79 Å². The number of imidazole rings is 1. The Hall–Kier alpha value is -2.25. The number of fused-ring (bicyclic) bond motifs is 1. The first-order valence-corrected chi connectivity index (χ1v) is 7.38. The molecule has 0 aliphatic heterocycles. The second-order valence-corrected chi connectivity index (χ2v) is 5.20. The van der Waals surface area contributed by atoms with Crippen LogP contribution in [0.25, 0.3) is 5.52 Å². The lowest BCUT2D eigenvalue weighted by Crippen LogP contribution is -2.19. The molecule has 9 heteroatoms. The van der Waals surface area contributed by atoms with Crippen LogP contribution in [0.2, 0.25) is 10.3 Å². The maximum atomic E-state index is 10.5. The van der Waals surface area contributed by atoms with E-state index in [2.05, 4.69) is 25.3 Å². The summed E-state index contributed by atoms with van der Waals surface area (Å²) >= 11 is 11.5. The summed E-state index contributed by atoms with van der Waals surface area (Å²) in [7, 11) is 0. The monoisotopic (exact) mass is 352 g/mol. The van der Waals surface area contributed by atoms with E-state index >= 15 is 0 Å². The third kappa shape index (κ3) is 4.61. The Labute approximate surface area is 142 Å². The van der Waals surface area contributed by atoms with Crippen molar-refractivity contribution < 1.29 is 4.79 Å². The second-order valence-electron chi connectivity index (χ2n) is 4.48. The predicted molar refractivity (Wildman–Crippen MR) is 87.3 cm³/mol. The molecule has 0 saturated carbocycles. The molecular formula is C14H14Cl2N6O. The van der Waals surface area contributed by atoms with Crippen molar-refractivity contribution in [3.8, 4) is 0 Å². The fraction of sp³-hybridized carbons (Fsp3) is 0.214. The number of hydrogen-bond acceptors (Lipinski definition) is 5. The van der Waals surface area contributed by atoms with Gasteiger partial charge in [-0.3, -0.25) is 14.2 Å². The molecule has 0 saturated heterocycles. The summed E-state index contributed by atoms with van der Waals surface area (Å²) in [6, 6.07) is 0. The summed E-state index contributed by atoms with van der Waals surface area (Å²) < 4.78 is 1.90. The van der Waals surface area contributed by atoms with Crippen molar-refractivity contribution in [2.75, 3.05) is 0 Å². The van der Waals surface area contributed by atoms with Crippen LogP contribution in [-0.4, -0.2) is 30.2 Å². The van der Waals surface area contributed by atoms with Gasteiger partial charge < -0.3 is 5.32 Å². The van der Waals surface area contributed by atoms with Crippen LogP contribution in [0, 0.1) is 6.92 Å². The number of rotatable bonds is 2. The van der Waals surface area contributed by atoms with E-state index in [4.69, 9.17) is 23.2 Å². The van der Waals surface area contributed by atoms with Crippen molar-refractivity contribution in [2.45, 2.75) is 20.4 Å². The molecule has 0 radical (unpaired) electrons. The maximum Gasteiger partial charge on any atom is 0.217 e. The molecule has 7 nitrogen and oxygen atoms in total. The SMILES string of the molecule is CC(=O)NCc1nccnc1Cl.Cc1ncc2c(Cl)nccn12. The largest absolute Gasteiger partial charge is 0.351 e. The zero-order valence-corrected chi connectivity index (χ0v) is 14.0. The molecule has 1 amide bonds. The summed E-state index contributed by atoms with van der Waals surface area (Å²) in [6.45, 7) is 3.68. The first-order chi connectivity index (χ1) is 11.0. The third-order valence-electron chi connectivity index (χ3n) is 2.82. The average molecular weight is 353 g/mol. The molecule has 0 aliphatic carbocycles. The van der Waals surface area contributed by atoms with Crippen LogP contribution in [0.4, 0.5) is 0 Å². The Balaban J connectivity index is 0.000000167. The first kappa shape index (κ1) is 17.1. The average Bonchev–Trinajstić information content (AvgIpc) is 2.90. The van der Waals surface area contributed by atoms with E-state index in [0.717, 1.165) is 11.3 Å². The Bertz CT molecular complexity index is 820. The number of aromatic nitrogens is 5. The van der Waals surface area contributed by atoms with Crippen LogP contribution in [0.1, 0.15) is 18.4 Å². The highest BCUT2D eigenvalue weighted by atomic mass is 35.5. The molecule has 3 heterocycles. The van der Waals surface area contributed by atoms with Crippen molar-refractivity contribution in [2.24, 2.45) is 0 Å². The molecule has 0 aliphatic rings. The fourth-order valence-electron chi connectivity index (χ4n) is 1.70. The molecule has 0 atom stereocenters. The minimum Gasteiger partial charge on any atom is -0.351 e. The number of amides is 1. The Morgan fingerprint density at radius 1 is 1.13 bits per heavy atom. The van der Waals surface area contributed by atoms with Gasteiger partial charge in [0.2, 0.25) is 5.91 Å². The number of nitrogens with zero attached hydrogens (tertiary/aromatic N) is 5. The molecule has 3 aromatic heterocycles. The van der Waals surface area contributed by atoms with E-state index < -0.39 is 0 Å². The van der Waals surface area contributed by atoms with Gasteiger partial charge in [0.15, 0.2) is 10.3 Å². The molecule has 0 aromatic carbocycles. The normalized spacial score (nSPS) is 10.1. The third-order valence-corrected chi connectivity index (χ3v) is 3.43. The molecule has 0 fully saturated rings. The highest BCUT2D eigenvalue weighted by Crippen LogP contribution is 2.13. The highest BCUT2D eigenvalue weighted by molar-refractivity contribution is 6.32. The summed E-state index contributed by atoms with van der Waals surface area (Å²) in [4.78, 5) is 26.3. The summed E-state index contributed by atoms with van der Waals surface area (Å²) in [6.07, 6.45) is 8.24. The highest BCUT2D eigenvalue weighted by Gasteiger charge is 2.02. The molecule has 23 heavy (non-hydrogen) atoms. The van der Waals surface area contributed by atoms with E-state index in [1.165, 1.54) is 19.3 Å². The smallest absolute Gasteiger partial charge is 0.217 e. The molecular weight excluding hydrogens is 339 g/mol. The van der Waals surface area contributed by atoms with E-state index in [0.29, 0.717) is 22.5 Å². The van der Waals surface area contributed by atoms with Gasteiger partial charge in [-0.1, -0.05) is 23.2 Å². The van der Waals surface area contributed by atoms with Crippen molar-refractivity contribution >= 4 is 34.6 Å². The zero-order valence-electron chi connectivity index (χ0n) is 12.5. The molecule has 0 unspecified atom stereocenters. The van der Waals surface area contributed by atoms with Gasteiger partial charge in [-0.2, -0.15) is 0 Å². The Morgan fingerprint density at radius 2 is 1.83 bits per heavy atom. The van der Waals surface area contributed by atoms with Gasteiger partial charge in [-0.15, -0.1) is 0 Å². The molecule has 0 bridgehead atoms. The topological polar surface area (TPSA) is 85.1 Å². The fourth-order valence-corrected chi connectivity index (χ4v) is 2.07. The first-order valence-electron chi connectivity index (χ1n) is 6.63. The Kier molecular flexibility index (Phi) is 5.84. The lowest BCUT2D eigenvalue weighted by atomic mass is 10.4. The van der Waals surface area contributed by atoms with Crippen molar-refractivity contribution in [1.82, 2.24) is 29.7 Å². The summed E-state index contributed by atoms with van der Waals surface area (Å²) in [5, 5.41) is 3.40. The van der Waals surface area contributed by atoms with Gasteiger partial charge in [0, 0.05) is 31.7 Å². The molecule has 3 aromatic rings. The van der Waals surface area contributed by atoms with E-state index in [1.54, 1.807) is 12.4 Å². The van der Waals surface area contributed by atoms with Gasteiger partial charge in [0.25, 0.3) is 0 Å². The number of aryl methyl sites for hydroxylation is 1. The van der Waals surface area contributed by atoms with Crippen LogP contribution in [0.15, 0.2) is 31.0 Å². The molecule has 3 rings (SSSR count). The van der Waals surface area contributed by atoms with Crippen LogP contribution in [0.5, 0.6) is 0 Å². The van der Waals surface area contributed by atoms with Gasteiger partial charge >= 0.3 is 0 Å². The lowest BCUT2D eigenvalue weighted by molar-refractivity contribution is -0.119. The number of nitrogens with one attached hydrogen (secondary N) is 1. The quantitative estimate of drug-likeness (QED) is 0.765. The molecule has 1 N–H and O–H groups in total. The van der Waals surface area contributed by atoms with Gasteiger partial charge in [-0.05, 0) is 6.92 Å². The minimum absolute atomic E-state index is 0.114. The maximum absolute atomic E-state index is 10.5. The van der Waals surface area contributed by atoms with Crippen molar-refractivity contribution in [1.29, 1.82) is 0 Å². The number of hydrogen-bond donors (Lipinski definition) is 1. The van der Waals surface area contributed by atoms with Crippen LogP contribution < -0.4 is 5.32 Å².